The number of carbonyl (C=O) groups is 1. The Hall–Kier alpha value is -2.81. The van der Waals surface area contributed by atoms with Gasteiger partial charge in [-0.05, 0) is 31.5 Å². The molecule has 0 saturated carbocycles. The van der Waals surface area contributed by atoms with E-state index in [0.29, 0.717) is 36.9 Å². The highest BCUT2D eigenvalue weighted by Crippen LogP contribution is 2.26. The van der Waals surface area contributed by atoms with Gasteiger partial charge in [-0.2, -0.15) is 4.98 Å². The Balaban J connectivity index is 1.49. The summed E-state index contributed by atoms with van der Waals surface area (Å²) in [6.07, 6.45) is 2.41. The van der Waals surface area contributed by atoms with Crippen LogP contribution in [0.15, 0.2) is 28.9 Å². The van der Waals surface area contributed by atoms with Crippen molar-refractivity contribution >= 4 is 17.5 Å². The molecule has 3 heterocycles. The standard InChI is InChI=1S/C16H14ClFN6O2/c1-9-19-15(26-21-9)14-8-24(22-20-14)11-4-5-23(7-11)16(25)12-6-10(18)2-3-13(12)17/h2-3,6,8,11H,4-5,7H2,1H3/t11-/m1/s1. The van der Waals surface area contributed by atoms with Crippen molar-refractivity contribution in [2.45, 2.75) is 19.4 Å². The van der Waals surface area contributed by atoms with Crippen molar-refractivity contribution in [1.82, 2.24) is 30.0 Å². The Morgan fingerprint density at radius 2 is 2.27 bits per heavy atom. The van der Waals surface area contributed by atoms with Crippen LogP contribution in [0.2, 0.25) is 5.02 Å². The van der Waals surface area contributed by atoms with Crippen LogP contribution < -0.4 is 0 Å². The molecule has 0 aliphatic carbocycles. The second-order valence-electron chi connectivity index (χ2n) is 6.05. The number of rotatable bonds is 3. The second-order valence-corrected chi connectivity index (χ2v) is 6.46. The third kappa shape index (κ3) is 3.05. The topological polar surface area (TPSA) is 89.9 Å². The molecular weight excluding hydrogens is 363 g/mol. The quantitative estimate of drug-likeness (QED) is 0.697. The Bertz CT molecular complexity index is 971. The number of aromatic nitrogens is 5. The minimum atomic E-state index is -0.496. The average molecular weight is 377 g/mol. The van der Waals surface area contributed by atoms with Gasteiger partial charge in [0.1, 0.15) is 5.82 Å². The van der Waals surface area contributed by atoms with Gasteiger partial charge in [-0.25, -0.2) is 9.07 Å². The highest BCUT2D eigenvalue weighted by Gasteiger charge is 2.30. The molecule has 4 rings (SSSR count). The van der Waals surface area contributed by atoms with Crippen LogP contribution in [0.4, 0.5) is 4.39 Å². The van der Waals surface area contributed by atoms with Crippen molar-refractivity contribution in [3.05, 3.63) is 46.6 Å². The number of benzene rings is 1. The molecule has 1 aliphatic rings. The Morgan fingerprint density at radius 1 is 1.42 bits per heavy atom. The first-order chi connectivity index (χ1) is 12.5. The van der Waals surface area contributed by atoms with Crippen LogP contribution in [0.25, 0.3) is 11.6 Å². The zero-order valence-electron chi connectivity index (χ0n) is 13.8. The van der Waals surface area contributed by atoms with Crippen LogP contribution in [0.5, 0.6) is 0 Å². The van der Waals surface area contributed by atoms with Gasteiger partial charge in [0.05, 0.1) is 22.8 Å². The van der Waals surface area contributed by atoms with E-state index in [4.69, 9.17) is 16.1 Å². The van der Waals surface area contributed by atoms with E-state index in [0.717, 1.165) is 6.07 Å². The molecule has 1 aliphatic heterocycles. The van der Waals surface area contributed by atoms with Gasteiger partial charge >= 0.3 is 0 Å². The maximum atomic E-state index is 13.4. The summed E-state index contributed by atoms with van der Waals surface area (Å²) in [4.78, 5) is 18.4. The lowest BCUT2D eigenvalue weighted by atomic mass is 10.2. The molecule has 0 radical (unpaired) electrons. The summed E-state index contributed by atoms with van der Waals surface area (Å²) in [7, 11) is 0. The van der Waals surface area contributed by atoms with Crippen LogP contribution in [0, 0.1) is 12.7 Å². The van der Waals surface area contributed by atoms with Gasteiger partial charge in [-0.3, -0.25) is 4.79 Å². The summed E-state index contributed by atoms with van der Waals surface area (Å²) >= 11 is 6.03. The highest BCUT2D eigenvalue weighted by molar-refractivity contribution is 6.33. The molecule has 2 aromatic heterocycles. The maximum Gasteiger partial charge on any atom is 0.280 e. The first-order valence-electron chi connectivity index (χ1n) is 7.98. The fourth-order valence-corrected chi connectivity index (χ4v) is 3.13. The van der Waals surface area contributed by atoms with E-state index in [9.17, 15) is 9.18 Å². The van der Waals surface area contributed by atoms with Crippen molar-refractivity contribution in [2.75, 3.05) is 13.1 Å². The van der Waals surface area contributed by atoms with E-state index in [1.807, 2.05) is 0 Å². The first kappa shape index (κ1) is 16.6. The lowest BCUT2D eigenvalue weighted by molar-refractivity contribution is 0.0786. The van der Waals surface area contributed by atoms with E-state index in [2.05, 4.69) is 20.5 Å². The van der Waals surface area contributed by atoms with Crippen LogP contribution in [0.3, 0.4) is 0 Å². The third-order valence-electron chi connectivity index (χ3n) is 4.24. The predicted octanol–water partition coefficient (Wildman–Crippen LogP) is 2.52. The number of halogens is 2. The molecule has 0 bridgehead atoms. The lowest BCUT2D eigenvalue weighted by Crippen LogP contribution is -2.29. The Kier molecular flexibility index (Phi) is 4.15. The van der Waals surface area contributed by atoms with Crippen molar-refractivity contribution in [2.24, 2.45) is 0 Å². The molecular formula is C16H14ClFN6O2. The molecule has 134 valence electrons. The van der Waals surface area contributed by atoms with Crippen molar-refractivity contribution in [1.29, 1.82) is 0 Å². The van der Waals surface area contributed by atoms with E-state index < -0.39 is 5.82 Å². The van der Waals surface area contributed by atoms with Gasteiger partial charge in [-0.1, -0.05) is 22.0 Å². The Labute approximate surface area is 152 Å². The van der Waals surface area contributed by atoms with Gasteiger partial charge in [0.25, 0.3) is 11.8 Å². The van der Waals surface area contributed by atoms with Crippen molar-refractivity contribution in [3.63, 3.8) is 0 Å². The van der Waals surface area contributed by atoms with Gasteiger partial charge in [0, 0.05) is 13.1 Å². The van der Waals surface area contributed by atoms with Gasteiger partial charge in [-0.15, -0.1) is 5.10 Å². The number of aryl methyl sites for hydroxylation is 1. The molecule has 1 aromatic carbocycles. The minimum absolute atomic E-state index is 0.0449. The molecule has 10 heteroatoms. The SMILES string of the molecule is Cc1noc(-c2cn([C@@H]3CCN(C(=O)c4cc(F)ccc4Cl)C3)nn2)n1. The zero-order valence-corrected chi connectivity index (χ0v) is 14.5. The van der Waals surface area contributed by atoms with Crippen molar-refractivity contribution in [3.8, 4) is 11.6 Å². The summed E-state index contributed by atoms with van der Waals surface area (Å²) in [6, 6.07) is 3.72. The molecule has 26 heavy (non-hydrogen) atoms. The number of hydrogen-bond acceptors (Lipinski definition) is 6. The maximum absolute atomic E-state index is 13.4. The van der Waals surface area contributed by atoms with Gasteiger partial charge in [0.2, 0.25) is 0 Å². The normalized spacial score (nSPS) is 17.0. The molecule has 1 saturated heterocycles. The number of amides is 1. The highest BCUT2D eigenvalue weighted by atomic mass is 35.5. The molecule has 3 aromatic rings. The molecule has 1 atom stereocenters. The summed E-state index contributed by atoms with van der Waals surface area (Å²) in [6.45, 7) is 2.66. The van der Waals surface area contributed by atoms with Gasteiger partial charge < -0.3 is 9.42 Å². The van der Waals surface area contributed by atoms with E-state index >= 15 is 0 Å². The number of nitrogens with zero attached hydrogens (tertiary/aromatic N) is 6. The van der Waals surface area contributed by atoms with Crippen LogP contribution >= 0.6 is 11.6 Å². The predicted molar refractivity (Wildman–Crippen MR) is 89.0 cm³/mol. The smallest absolute Gasteiger partial charge is 0.280 e. The lowest BCUT2D eigenvalue weighted by Gasteiger charge is -2.17. The van der Waals surface area contributed by atoms with E-state index in [-0.39, 0.29) is 22.5 Å². The van der Waals surface area contributed by atoms with Gasteiger partial charge in [0.15, 0.2) is 11.5 Å². The number of likely N-dealkylation sites (tertiary alicyclic amines) is 1. The summed E-state index contributed by atoms with van der Waals surface area (Å²) < 4.78 is 20.2. The van der Waals surface area contributed by atoms with E-state index in [1.165, 1.54) is 12.1 Å². The monoisotopic (exact) mass is 376 g/mol. The van der Waals surface area contributed by atoms with E-state index in [1.54, 1.807) is 22.7 Å². The minimum Gasteiger partial charge on any atom is -0.336 e. The van der Waals surface area contributed by atoms with Crippen LogP contribution in [-0.2, 0) is 0 Å². The summed E-state index contributed by atoms with van der Waals surface area (Å²) in [5, 5.41) is 12.1. The molecule has 0 N–H and O–H groups in total. The Morgan fingerprint density at radius 3 is 3.04 bits per heavy atom. The largest absolute Gasteiger partial charge is 0.336 e. The number of carbonyl (C=O) groups excluding carboxylic acids is 1. The fourth-order valence-electron chi connectivity index (χ4n) is 2.93. The molecule has 8 nitrogen and oxygen atoms in total. The first-order valence-corrected chi connectivity index (χ1v) is 8.36. The number of hydrogen-bond donors (Lipinski definition) is 0. The second kappa shape index (κ2) is 6.49. The summed E-state index contributed by atoms with van der Waals surface area (Å²) in [5.41, 5.74) is 0.636. The third-order valence-corrected chi connectivity index (χ3v) is 4.57. The van der Waals surface area contributed by atoms with Crippen molar-refractivity contribution < 1.29 is 13.7 Å². The average Bonchev–Trinajstić information content (AvgIpc) is 3.35. The molecule has 1 fully saturated rings. The van der Waals surface area contributed by atoms with Crippen LogP contribution in [0.1, 0.15) is 28.6 Å². The molecule has 1 amide bonds. The molecule has 0 spiro atoms. The zero-order chi connectivity index (χ0) is 18.3. The van der Waals surface area contributed by atoms with Crippen LogP contribution in [-0.4, -0.2) is 49.0 Å². The summed E-state index contributed by atoms with van der Waals surface area (Å²) in [5.74, 6) is 0.0134. The molecule has 0 unspecified atom stereocenters. The fraction of sp³-hybridized carbons (Fsp3) is 0.312.